The van der Waals surface area contributed by atoms with Gasteiger partial charge >= 0.3 is 0 Å². The fourth-order valence-electron chi connectivity index (χ4n) is 3.58. The van der Waals surface area contributed by atoms with E-state index in [9.17, 15) is 4.79 Å². The van der Waals surface area contributed by atoms with Crippen LogP contribution < -0.4 is 0 Å². The second kappa shape index (κ2) is 6.53. The number of Topliss-reactive ketones (excluding diaryl/α,β-unsaturated/α-hetero) is 1. The molecule has 0 spiro atoms. The monoisotopic (exact) mass is 237 g/mol. The maximum absolute atomic E-state index is 11.9. The minimum absolute atomic E-state index is 0.392. The lowest BCUT2D eigenvalue weighted by Gasteiger charge is -2.28. The van der Waals surface area contributed by atoms with Gasteiger partial charge in [0.05, 0.1) is 0 Å². The summed E-state index contributed by atoms with van der Waals surface area (Å²) < 4.78 is 0. The van der Waals surface area contributed by atoms with Gasteiger partial charge in [-0.1, -0.05) is 26.2 Å². The van der Waals surface area contributed by atoms with Crippen molar-refractivity contribution in [3.63, 3.8) is 0 Å². The van der Waals surface area contributed by atoms with Crippen molar-refractivity contribution in [2.45, 2.75) is 70.8 Å². The van der Waals surface area contributed by atoms with Crippen LogP contribution in [0.1, 0.15) is 64.7 Å². The van der Waals surface area contributed by atoms with Crippen molar-refractivity contribution < 1.29 is 4.79 Å². The van der Waals surface area contributed by atoms with E-state index in [2.05, 4.69) is 11.8 Å². The zero-order valence-corrected chi connectivity index (χ0v) is 11.3. The van der Waals surface area contributed by atoms with Gasteiger partial charge in [0.2, 0.25) is 0 Å². The van der Waals surface area contributed by atoms with Crippen molar-refractivity contribution in [3.8, 4) is 0 Å². The number of nitrogens with zero attached hydrogens (tertiary/aromatic N) is 1. The van der Waals surface area contributed by atoms with Gasteiger partial charge in [0.15, 0.2) is 0 Å². The number of ketones is 1. The first kappa shape index (κ1) is 13.1. The Kier molecular flexibility index (Phi) is 5.02. The fraction of sp³-hybridized carbons (Fsp3) is 0.933. The molecule has 0 aromatic heterocycles. The number of hydrogen-bond acceptors (Lipinski definition) is 2. The Balaban J connectivity index is 1.78. The van der Waals surface area contributed by atoms with E-state index in [0.717, 1.165) is 19.3 Å². The van der Waals surface area contributed by atoms with E-state index in [1.807, 2.05) is 0 Å². The maximum atomic E-state index is 11.9. The molecule has 2 unspecified atom stereocenters. The molecule has 2 fully saturated rings. The number of carbonyl (C=O) groups is 1. The standard InChI is InChI=1S/C15H27NO/c1-2-3-4-5-11-16-12-7-9-14(16)13-8-6-10-15(13)17/h13-14H,2-12H2,1H3. The van der Waals surface area contributed by atoms with Gasteiger partial charge in [0.1, 0.15) is 5.78 Å². The lowest BCUT2D eigenvalue weighted by Crippen LogP contribution is -2.38. The zero-order valence-electron chi connectivity index (χ0n) is 11.3. The highest BCUT2D eigenvalue weighted by Crippen LogP contribution is 2.33. The highest BCUT2D eigenvalue weighted by Gasteiger charge is 2.37. The molecular weight excluding hydrogens is 210 g/mol. The Morgan fingerprint density at radius 3 is 2.76 bits per heavy atom. The fourth-order valence-corrected chi connectivity index (χ4v) is 3.58. The van der Waals surface area contributed by atoms with E-state index < -0.39 is 0 Å². The number of rotatable bonds is 6. The summed E-state index contributed by atoms with van der Waals surface area (Å²) in [6.45, 7) is 4.73. The lowest BCUT2D eigenvalue weighted by molar-refractivity contribution is -0.122. The summed E-state index contributed by atoms with van der Waals surface area (Å²) in [6, 6.07) is 0.603. The summed E-state index contributed by atoms with van der Waals surface area (Å²) in [7, 11) is 0. The molecule has 0 aromatic rings. The van der Waals surface area contributed by atoms with Crippen LogP contribution >= 0.6 is 0 Å². The Bertz CT molecular complexity index is 251. The topological polar surface area (TPSA) is 20.3 Å². The smallest absolute Gasteiger partial charge is 0.137 e. The first-order valence-electron chi connectivity index (χ1n) is 7.59. The molecule has 1 saturated carbocycles. The van der Waals surface area contributed by atoms with E-state index >= 15 is 0 Å². The average Bonchev–Trinajstić information content (AvgIpc) is 2.93. The SMILES string of the molecule is CCCCCCN1CCCC1C1CCCC1=O. The largest absolute Gasteiger partial charge is 0.300 e. The van der Waals surface area contributed by atoms with Crippen LogP contribution in [0.2, 0.25) is 0 Å². The van der Waals surface area contributed by atoms with Gasteiger partial charge in [-0.2, -0.15) is 0 Å². The maximum Gasteiger partial charge on any atom is 0.137 e. The number of likely N-dealkylation sites (tertiary alicyclic amines) is 1. The molecule has 0 amide bonds. The molecule has 1 aliphatic heterocycles. The zero-order chi connectivity index (χ0) is 12.1. The van der Waals surface area contributed by atoms with Crippen LogP contribution in [0.15, 0.2) is 0 Å². The Labute approximate surface area is 106 Å². The highest BCUT2D eigenvalue weighted by atomic mass is 16.1. The number of hydrogen-bond donors (Lipinski definition) is 0. The van der Waals surface area contributed by atoms with E-state index in [0.29, 0.717) is 17.7 Å². The van der Waals surface area contributed by atoms with Crippen LogP contribution in [0.25, 0.3) is 0 Å². The molecule has 0 radical (unpaired) electrons. The van der Waals surface area contributed by atoms with E-state index in [1.165, 1.54) is 51.6 Å². The predicted molar refractivity (Wildman–Crippen MR) is 71.1 cm³/mol. The van der Waals surface area contributed by atoms with Gasteiger partial charge < -0.3 is 0 Å². The lowest BCUT2D eigenvalue weighted by atomic mass is 9.95. The molecule has 2 aliphatic rings. The van der Waals surface area contributed by atoms with Gasteiger partial charge in [-0.25, -0.2) is 0 Å². The molecule has 1 aliphatic carbocycles. The van der Waals surface area contributed by atoms with Crippen LogP contribution in [0, 0.1) is 5.92 Å². The van der Waals surface area contributed by atoms with Crippen molar-refractivity contribution in [1.29, 1.82) is 0 Å². The minimum atomic E-state index is 0.392. The summed E-state index contributed by atoms with van der Waals surface area (Å²) in [5.41, 5.74) is 0. The summed E-state index contributed by atoms with van der Waals surface area (Å²) >= 11 is 0. The molecule has 0 bridgehead atoms. The third kappa shape index (κ3) is 3.31. The molecule has 1 heterocycles. The molecule has 2 rings (SSSR count). The molecule has 0 aromatic carbocycles. The molecular formula is C15H27NO. The Morgan fingerprint density at radius 2 is 2.06 bits per heavy atom. The van der Waals surface area contributed by atoms with Gasteiger partial charge in [0, 0.05) is 18.4 Å². The van der Waals surface area contributed by atoms with Gasteiger partial charge in [-0.05, 0) is 45.2 Å². The van der Waals surface area contributed by atoms with Crippen LogP contribution in [0.3, 0.4) is 0 Å². The van der Waals surface area contributed by atoms with Crippen molar-refractivity contribution in [3.05, 3.63) is 0 Å². The summed E-state index contributed by atoms with van der Waals surface area (Å²) in [4.78, 5) is 14.5. The van der Waals surface area contributed by atoms with Crippen LogP contribution in [-0.2, 0) is 4.79 Å². The predicted octanol–water partition coefficient (Wildman–Crippen LogP) is 3.40. The third-order valence-corrected chi connectivity index (χ3v) is 4.53. The number of unbranched alkanes of at least 4 members (excludes halogenated alkanes) is 3. The van der Waals surface area contributed by atoms with Crippen molar-refractivity contribution >= 4 is 5.78 Å². The van der Waals surface area contributed by atoms with Crippen molar-refractivity contribution in [2.24, 2.45) is 5.92 Å². The molecule has 1 saturated heterocycles. The second-order valence-corrected chi connectivity index (χ2v) is 5.77. The van der Waals surface area contributed by atoms with Gasteiger partial charge in [-0.15, -0.1) is 0 Å². The van der Waals surface area contributed by atoms with Crippen LogP contribution in [0.5, 0.6) is 0 Å². The normalized spacial score (nSPS) is 30.3. The van der Waals surface area contributed by atoms with Gasteiger partial charge in [-0.3, -0.25) is 9.69 Å². The molecule has 17 heavy (non-hydrogen) atoms. The Hall–Kier alpha value is -0.370. The van der Waals surface area contributed by atoms with Crippen LogP contribution in [-0.4, -0.2) is 29.8 Å². The average molecular weight is 237 g/mol. The first-order chi connectivity index (χ1) is 8.33. The first-order valence-corrected chi connectivity index (χ1v) is 7.59. The minimum Gasteiger partial charge on any atom is -0.300 e. The summed E-state index contributed by atoms with van der Waals surface area (Å²) in [5, 5.41) is 0. The van der Waals surface area contributed by atoms with E-state index in [4.69, 9.17) is 0 Å². The van der Waals surface area contributed by atoms with Crippen LogP contribution in [0.4, 0.5) is 0 Å². The second-order valence-electron chi connectivity index (χ2n) is 5.77. The molecule has 98 valence electrons. The number of carbonyl (C=O) groups excluding carboxylic acids is 1. The molecule has 0 N–H and O–H groups in total. The highest BCUT2D eigenvalue weighted by molar-refractivity contribution is 5.83. The van der Waals surface area contributed by atoms with E-state index in [-0.39, 0.29) is 0 Å². The summed E-state index contributed by atoms with van der Waals surface area (Å²) in [6.07, 6.45) is 11.1. The van der Waals surface area contributed by atoms with Gasteiger partial charge in [0.25, 0.3) is 0 Å². The third-order valence-electron chi connectivity index (χ3n) is 4.53. The van der Waals surface area contributed by atoms with Crippen molar-refractivity contribution in [1.82, 2.24) is 4.90 Å². The Morgan fingerprint density at radius 1 is 1.18 bits per heavy atom. The summed E-state index contributed by atoms with van der Waals surface area (Å²) in [5.74, 6) is 0.944. The van der Waals surface area contributed by atoms with E-state index in [1.54, 1.807) is 0 Å². The molecule has 2 atom stereocenters. The molecule has 2 nitrogen and oxygen atoms in total. The quantitative estimate of drug-likeness (QED) is 0.660. The van der Waals surface area contributed by atoms with Crippen molar-refractivity contribution in [2.75, 3.05) is 13.1 Å². The molecule has 2 heteroatoms.